The summed E-state index contributed by atoms with van der Waals surface area (Å²) in [6.45, 7) is 4.32. The predicted octanol–water partition coefficient (Wildman–Crippen LogP) is 3.32. The van der Waals surface area contributed by atoms with Gasteiger partial charge >= 0.3 is 0 Å². The van der Waals surface area contributed by atoms with Crippen LogP contribution in [0.1, 0.15) is 32.9 Å². The number of nitrogen functional groups attached to an aromatic ring is 1. The van der Waals surface area contributed by atoms with Crippen molar-refractivity contribution in [3.05, 3.63) is 82.7 Å². The summed E-state index contributed by atoms with van der Waals surface area (Å²) in [5.74, 6) is 0.699. The molecule has 0 unspecified atom stereocenters. The Balaban J connectivity index is 1.76. The highest BCUT2D eigenvalue weighted by molar-refractivity contribution is 5.96. The summed E-state index contributed by atoms with van der Waals surface area (Å²) in [4.78, 5) is 12.7. The third kappa shape index (κ3) is 3.91. The Morgan fingerprint density at radius 2 is 1.75 bits per heavy atom. The molecule has 0 radical (unpaired) electrons. The van der Waals surface area contributed by atoms with Gasteiger partial charge in [0, 0.05) is 29.2 Å². The number of amides is 1. The SMILES string of the molecule is COc1ccc(-n2c(C)cc(C(=O)NCc3ccc(C(=N)N)cc3)c2C)cc1. The first-order valence-corrected chi connectivity index (χ1v) is 8.95. The molecule has 0 fully saturated rings. The monoisotopic (exact) mass is 376 g/mol. The number of carbonyl (C=O) groups excluding carboxylic acids is 1. The van der Waals surface area contributed by atoms with Crippen LogP contribution in [0.25, 0.3) is 5.69 Å². The van der Waals surface area contributed by atoms with E-state index < -0.39 is 0 Å². The zero-order valence-electron chi connectivity index (χ0n) is 16.2. The number of benzene rings is 2. The summed E-state index contributed by atoms with van der Waals surface area (Å²) in [5, 5.41) is 10.4. The van der Waals surface area contributed by atoms with Crippen molar-refractivity contribution >= 4 is 11.7 Å². The molecule has 0 aliphatic rings. The second-order valence-corrected chi connectivity index (χ2v) is 6.61. The number of hydrogen-bond donors (Lipinski definition) is 3. The van der Waals surface area contributed by atoms with Crippen molar-refractivity contribution in [1.82, 2.24) is 9.88 Å². The lowest BCUT2D eigenvalue weighted by atomic mass is 10.1. The highest BCUT2D eigenvalue weighted by atomic mass is 16.5. The molecule has 1 heterocycles. The van der Waals surface area contributed by atoms with Gasteiger partial charge in [-0.3, -0.25) is 10.2 Å². The molecule has 0 saturated carbocycles. The van der Waals surface area contributed by atoms with Gasteiger partial charge in [0.05, 0.1) is 12.7 Å². The van der Waals surface area contributed by atoms with Gasteiger partial charge in [0.15, 0.2) is 0 Å². The van der Waals surface area contributed by atoms with E-state index in [2.05, 4.69) is 9.88 Å². The Bertz CT molecular complexity index is 1000. The van der Waals surface area contributed by atoms with Crippen molar-refractivity contribution in [2.24, 2.45) is 5.73 Å². The van der Waals surface area contributed by atoms with E-state index in [1.54, 1.807) is 19.2 Å². The van der Waals surface area contributed by atoms with E-state index in [9.17, 15) is 4.79 Å². The Labute approximate surface area is 164 Å². The summed E-state index contributed by atoms with van der Waals surface area (Å²) in [5.41, 5.74) is 10.6. The number of nitrogens with one attached hydrogen (secondary N) is 2. The van der Waals surface area contributed by atoms with E-state index in [0.29, 0.717) is 17.7 Å². The predicted molar refractivity (Wildman–Crippen MR) is 110 cm³/mol. The topological polar surface area (TPSA) is 93.1 Å². The fourth-order valence-corrected chi connectivity index (χ4v) is 3.20. The maximum atomic E-state index is 12.7. The largest absolute Gasteiger partial charge is 0.497 e. The Morgan fingerprint density at radius 1 is 1.11 bits per heavy atom. The first kappa shape index (κ1) is 19.2. The van der Waals surface area contributed by atoms with Crippen LogP contribution in [0.15, 0.2) is 54.6 Å². The van der Waals surface area contributed by atoms with E-state index in [1.807, 2.05) is 56.3 Å². The molecule has 3 aromatic rings. The summed E-state index contributed by atoms with van der Waals surface area (Å²) in [6, 6.07) is 16.9. The second kappa shape index (κ2) is 8.00. The number of hydrogen-bond acceptors (Lipinski definition) is 3. The number of nitrogens with two attached hydrogens (primary N) is 1. The molecule has 0 saturated heterocycles. The van der Waals surface area contributed by atoms with Crippen molar-refractivity contribution in [3.63, 3.8) is 0 Å². The van der Waals surface area contributed by atoms with E-state index >= 15 is 0 Å². The van der Waals surface area contributed by atoms with Gasteiger partial charge in [-0.1, -0.05) is 24.3 Å². The Kier molecular flexibility index (Phi) is 5.49. The minimum Gasteiger partial charge on any atom is -0.497 e. The van der Waals surface area contributed by atoms with Gasteiger partial charge in [0.1, 0.15) is 11.6 Å². The lowest BCUT2D eigenvalue weighted by molar-refractivity contribution is 0.0950. The van der Waals surface area contributed by atoms with Gasteiger partial charge in [-0.25, -0.2) is 0 Å². The number of methoxy groups -OCH3 is 1. The molecule has 0 spiro atoms. The molecular formula is C22H24N4O2. The lowest BCUT2D eigenvalue weighted by Gasteiger charge is -2.11. The number of carbonyl (C=O) groups is 1. The standard InChI is InChI=1S/C22H24N4O2/c1-14-12-20(15(2)26(14)18-8-10-19(28-3)11-9-18)22(27)25-13-16-4-6-17(7-5-16)21(23)24/h4-12H,13H2,1-3H3,(H3,23,24)(H,25,27). The molecule has 0 bridgehead atoms. The van der Waals surface area contributed by atoms with E-state index in [0.717, 1.165) is 28.4 Å². The van der Waals surface area contributed by atoms with Crippen LogP contribution in [0.3, 0.4) is 0 Å². The molecule has 3 rings (SSSR count). The molecule has 144 valence electrons. The molecule has 2 aromatic carbocycles. The van der Waals surface area contributed by atoms with Crippen LogP contribution < -0.4 is 15.8 Å². The minimum absolute atomic E-state index is 0.0292. The second-order valence-electron chi connectivity index (χ2n) is 6.61. The molecule has 1 aromatic heterocycles. The lowest BCUT2D eigenvalue weighted by Crippen LogP contribution is -2.23. The number of nitrogens with zero attached hydrogens (tertiary/aromatic N) is 1. The summed E-state index contributed by atoms with van der Waals surface area (Å²) >= 11 is 0. The fraction of sp³-hybridized carbons (Fsp3) is 0.182. The Hall–Kier alpha value is -3.54. The maximum Gasteiger partial charge on any atom is 0.253 e. The molecule has 1 amide bonds. The van der Waals surface area contributed by atoms with Gasteiger partial charge in [-0.2, -0.15) is 0 Å². The molecule has 0 aliphatic heterocycles. The van der Waals surface area contributed by atoms with Crippen molar-refractivity contribution in [3.8, 4) is 11.4 Å². The fourth-order valence-electron chi connectivity index (χ4n) is 3.20. The van der Waals surface area contributed by atoms with E-state index in [4.69, 9.17) is 15.9 Å². The van der Waals surface area contributed by atoms with Gasteiger partial charge < -0.3 is 20.4 Å². The van der Waals surface area contributed by atoms with Gasteiger partial charge in [-0.15, -0.1) is 0 Å². The molecule has 6 heteroatoms. The van der Waals surface area contributed by atoms with Crippen LogP contribution in [-0.4, -0.2) is 23.4 Å². The Morgan fingerprint density at radius 3 is 2.32 bits per heavy atom. The summed E-state index contributed by atoms with van der Waals surface area (Å²) in [6.07, 6.45) is 0. The van der Waals surface area contributed by atoms with Crippen LogP contribution in [0, 0.1) is 19.3 Å². The highest BCUT2D eigenvalue weighted by Crippen LogP contribution is 2.23. The van der Waals surface area contributed by atoms with Crippen LogP contribution >= 0.6 is 0 Å². The van der Waals surface area contributed by atoms with Crippen LogP contribution in [0.4, 0.5) is 0 Å². The highest BCUT2D eigenvalue weighted by Gasteiger charge is 2.16. The summed E-state index contributed by atoms with van der Waals surface area (Å²) < 4.78 is 7.26. The van der Waals surface area contributed by atoms with E-state index in [-0.39, 0.29) is 11.7 Å². The van der Waals surface area contributed by atoms with Crippen LogP contribution in [0.2, 0.25) is 0 Å². The molecule has 0 aliphatic carbocycles. The van der Waals surface area contributed by atoms with E-state index in [1.165, 1.54) is 0 Å². The number of rotatable bonds is 6. The quantitative estimate of drug-likeness (QED) is 0.455. The average Bonchev–Trinajstić information content (AvgIpc) is 3.00. The van der Waals surface area contributed by atoms with Gasteiger partial charge in [0.25, 0.3) is 5.91 Å². The maximum absolute atomic E-state index is 12.7. The van der Waals surface area contributed by atoms with Crippen molar-refractivity contribution < 1.29 is 9.53 Å². The number of ether oxygens (including phenoxy) is 1. The molecule has 6 nitrogen and oxygen atoms in total. The minimum atomic E-state index is -0.122. The molecule has 28 heavy (non-hydrogen) atoms. The zero-order valence-corrected chi connectivity index (χ0v) is 16.2. The van der Waals surface area contributed by atoms with Crippen LogP contribution in [-0.2, 0) is 6.54 Å². The third-order valence-corrected chi connectivity index (χ3v) is 4.72. The van der Waals surface area contributed by atoms with Crippen molar-refractivity contribution in [2.45, 2.75) is 20.4 Å². The third-order valence-electron chi connectivity index (χ3n) is 4.72. The van der Waals surface area contributed by atoms with Crippen LogP contribution in [0.5, 0.6) is 5.75 Å². The van der Waals surface area contributed by atoms with Crippen molar-refractivity contribution in [1.29, 1.82) is 5.41 Å². The normalized spacial score (nSPS) is 10.5. The number of amidine groups is 1. The molecule has 0 atom stereocenters. The van der Waals surface area contributed by atoms with Crippen molar-refractivity contribution in [2.75, 3.05) is 7.11 Å². The summed E-state index contributed by atoms with van der Waals surface area (Å²) in [7, 11) is 1.64. The number of aryl methyl sites for hydroxylation is 1. The zero-order chi connectivity index (χ0) is 20.3. The first-order valence-electron chi connectivity index (χ1n) is 8.95. The smallest absolute Gasteiger partial charge is 0.253 e. The van der Waals surface area contributed by atoms with Gasteiger partial charge in [-0.05, 0) is 49.7 Å². The van der Waals surface area contributed by atoms with Gasteiger partial charge in [0.2, 0.25) is 0 Å². The number of aromatic nitrogens is 1. The first-order chi connectivity index (χ1) is 13.4. The molecule has 4 N–H and O–H groups in total. The average molecular weight is 376 g/mol. The molecular weight excluding hydrogens is 352 g/mol.